The number of morpholine rings is 1. The molecule has 1 aromatic carbocycles. The monoisotopic (exact) mass is 294 g/mol. The second-order valence-corrected chi connectivity index (χ2v) is 6.11. The summed E-state index contributed by atoms with van der Waals surface area (Å²) in [6, 6.07) is 7.90. The van der Waals surface area contributed by atoms with Crippen molar-refractivity contribution >= 4 is 23.4 Å². The van der Waals surface area contributed by atoms with Crippen molar-refractivity contribution in [1.29, 1.82) is 0 Å². The van der Waals surface area contributed by atoms with Gasteiger partial charge in [-0.3, -0.25) is 9.69 Å². The van der Waals surface area contributed by atoms with E-state index < -0.39 is 0 Å². The number of hydrogen-bond acceptors (Lipinski definition) is 4. The van der Waals surface area contributed by atoms with Crippen LogP contribution in [-0.2, 0) is 9.53 Å². The minimum Gasteiger partial charge on any atom is -0.373 e. The summed E-state index contributed by atoms with van der Waals surface area (Å²) in [5.74, 6) is 0.0307. The van der Waals surface area contributed by atoms with E-state index in [9.17, 15) is 4.79 Å². The van der Waals surface area contributed by atoms with Gasteiger partial charge in [-0.05, 0) is 44.4 Å². The van der Waals surface area contributed by atoms with Crippen LogP contribution in [-0.4, -0.2) is 48.9 Å². The van der Waals surface area contributed by atoms with Crippen LogP contribution in [0.1, 0.15) is 13.8 Å². The number of thioether (sulfide) groups is 1. The smallest absolute Gasteiger partial charge is 0.238 e. The highest BCUT2D eigenvalue weighted by molar-refractivity contribution is 7.98. The van der Waals surface area contributed by atoms with Gasteiger partial charge < -0.3 is 10.1 Å². The summed E-state index contributed by atoms with van der Waals surface area (Å²) in [6.07, 6.45) is 2.41. The van der Waals surface area contributed by atoms with Gasteiger partial charge >= 0.3 is 0 Å². The Morgan fingerprint density at radius 1 is 1.30 bits per heavy atom. The fourth-order valence-corrected chi connectivity index (χ4v) is 2.90. The van der Waals surface area contributed by atoms with E-state index in [4.69, 9.17) is 4.74 Å². The molecular formula is C15H22N2O2S. The first-order valence-corrected chi connectivity index (χ1v) is 8.11. The van der Waals surface area contributed by atoms with Crippen molar-refractivity contribution < 1.29 is 9.53 Å². The van der Waals surface area contributed by atoms with Crippen LogP contribution in [0.2, 0.25) is 0 Å². The molecule has 1 amide bonds. The topological polar surface area (TPSA) is 41.6 Å². The van der Waals surface area contributed by atoms with Gasteiger partial charge in [0.15, 0.2) is 0 Å². The van der Waals surface area contributed by atoms with Crippen LogP contribution in [0.25, 0.3) is 0 Å². The predicted octanol–water partition coefficient (Wildman–Crippen LogP) is 2.46. The molecule has 2 rings (SSSR count). The van der Waals surface area contributed by atoms with Crippen molar-refractivity contribution in [3.8, 4) is 0 Å². The third-order valence-electron chi connectivity index (χ3n) is 3.24. The fourth-order valence-electron chi connectivity index (χ4n) is 2.49. The van der Waals surface area contributed by atoms with Crippen LogP contribution in [0, 0.1) is 0 Å². The molecule has 0 bridgehead atoms. The van der Waals surface area contributed by atoms with E-state index in [1.807, 2.05) is 44.4 Å². The van der Waals surface area contributed by atoms with Gasteiger partial charge in [0, 0.05) is 23.7 Å². The molecule has 1 heterocycles. The first-order chi connectivity index (χ1) is 9.56. The number of amides is 1. The van der Waals surface area contributed by atoms with Crippen molar-refractivity contribution in [3.05, 3.63) is 24.3 Å². The molecule has 110 valence electrons. The lowest BCUT2D eigenvalue weighted by molar-refractivity contribution is -0.121. The van der Waals surface area contributed by atoms with Crippen molar-refractivity contribution in [2.24, 2.45) is 0 Å². The minimum absolute atomic E-state index is 0.0307. The van der Waals surface area contributed by atoms with Crippen LogP contribution >= 0.6 is 11.8 Å². The summed E-state index contributed by atoms with van der Waals surface area (Å²) >= 11 is 1.69. The third kappa shape index (κ3) is 4.51. The normalized spacial score (nSPS) is 23.6. The SMILES string of the molecule is CSc1ccc(NC(=O)CN2C[C@@H](C)O[C@H](C)C2)cc1. The Bertz CT molecular complexity index is 440. The zero-order valence-electron chi connectivity index (χ0n) is 12.3. The van der Waals surface area contributed by atoms with E-state index in [2.05, 4.69) is 10.2 Å². The third-order valence-corrected chi connectivity index (χ3v) is 3.98. The highest BCUT2D eigenvalue weighted by atomic mass is 32.2. The Kier molecular flexibility index (Phi) is 5.46. The summed E-state index contributed by atoms with van der Waals surface area (Å²) in [6.45, 7) is 6.12. The van der Waals surface area contributed by atoms with Gasteiger partial charge in [-0.25, -0.2) is 0 Å². The molecule has 1 N–H and O–H groups in total. The van der Waals surface area contributed by atoms with Crippen molar-refractivity contribution in [1.82, 2.24) is 4.90 Å². The molecule has 1 aliphatic rings. The number of hydrogen-bond donors (Lipinski definition) is 1. The summed E-state index contributed by atoms with van der Waals surface area (Å²) in [5.41, 5.74) is 0.849. The van der Waals surface area contributed by atoms with Gasteiger partial charge in [-0.1, -0.05) is 0 Å². The first-order valence-electron chi connectivity index (χ1n) is 6.88. The van der Waals surface area contributed by atoms with Gasteiger partial charge in [0.1, 0.15) is 0 Å². The molecule has 0 saturated carbocycles. The Hall–Kier alpha value is -1.04. The number of carbonyl (C=O) groups excluding carboxylic acids is 1. The lowest BCUT2D eigenvalue weighted by Crippen LogP contribution is -2.48. The molecule has 4 nitrogen and oxygen atoms in total. The Labute approximate surface area is 124 Å². The molecule has 1 fully saturated rings. The minimum atomic E-state index is 0.0307. The zero-order chi connectivity index (χ0) is 14.5. The number of ether oxygens (including phenoxy) is 1. The first kappa shape index (κ1) is 15.4. The summed E-state index contributed by atoms with van der Waals surface area (Å²) < 4.78 is 5.67. The number of nitrogens with one attached hydrogen (secondary N) is 1. The van der Waals surface area contributed by atoms with E-state index >= 15 is 0 Å². The Morgan fingerprint density at radius 2 is 1.90 bits per heavy atom. The molecular weight excluding hydrogens is 272 g/mol. The largest absolute Gasteiger partial charge is 0.373 e. The number of benzene rings is 1. The van der Waals surface area contributed by atoms with Gasteiger partial charge in [-0.15, -0.1) is 11.8 Å². The average Bonchev–Trinajstić information content (AvgIpc) is 2.38. The van der Waals surface area contributed by atoms with Gasteiger partial charge in [0.25, 0.3) is 0 Å². The van der Waals surface area contributed by atoms with Crippen LogP contribution in [0.15, 0.2) is 29.2 Å². The fraction of sp³-hybridized carbons (Fsp3) is 0.533. The van der Waals surface area contributed by atoms with Gasteiger partial charge in [-0.2, -0.15) is 0 Å². The Morgan fingerprint density at radius 3 is 2.45 bits per heavy atom. The molecule has 1 saturated heterocycles. The van der Waals surface area contributed by atoms with Gasteiger partial charge in [0.05, 0.1) is 18.8 Å². The molecule has 0 unspecified atom stereocenters. The predicted molar refractivity (Wildman–Crippen MR) is 83.3 cm³/mol. The van der Waals surface area contributed by atoms with E-state index in [0.717, 1.165) is 18.8 Å². The lowest BCUT2D eigenvalue weighted by atomic mass is 10.2. The maximum atomic E-state index is 12.0. The van der Waals surface area contributed by atoms with Crippen LogP contribution in [0.5, 0.6) is 0 Å². The summed E-state index contributed by atoms with van der Waals surface area (Å²) in [5, 5.41) is 2.94. The molecule has 0 aliphatic carbocycles. The van der Waals surface area contributed by atoms with E-state index in [0.29, 0.717) is 6.54 Å². The molecule has 0 radical (unpaired) electrons. The van der Waals surface area contributed by atoms with E-state index in [1.54, 1.807) is 11.8 Å². The molecule has 1 aliphatic heterocycles. The molecule has 1 aromatic rings. The molecule has 0 spiro atoms. The van der Waals surface area contributed by atoms with E-state index in [1.165, 1.54) is 4.90 Å². The summed E-state index contributed by atoms with van der Waals surface area (Å²) in [4.78, 5) is 15.4. The average molecular weight is 294 g/mol. The van der Waals surface area contributed by atoms with Crippen molar-refractivity contribution in [3.63, 3.8) is 0 Å². The molecule has 2 atom stereocenters. The van der Waals surface area contributed by atoms with E-state index in [-0.39, 0.29) is 18.1 Å². The standard InChI is InChI=1S/C15H22N2O2S/c1-11-8-17(9-12(2)19-11)10-15(18)16-13-4-6-14(20-3)7-5-13/h4-7,11-12H,8-10H2,1-3H3,(H,16,18)/t11-,12-/m1/s1. The maximum absolute atomic E-state index is 12.0. The highest BCUT2D eigenvalue weighted by Crippen LogP contribution is 2.17. The van der Waals surface area contributed by atoms with Crippen molar-refractivity contribution in [2.45, 2.75) is 31.0 Å². The van der Waals surface area contributed by atoms with Crippen LogP contribution in [0.4, 0.5) is 5.69 Å². The lowest BCUT2D eigenvalue weighted by Gasteiger charge is -2.34. The highest BCUT2D eigenvalue weighted by Gasteiger charge is 2.23. The van der Waals surface area contributed by atoms with Crippen LogP contribution in [0.3, 0.4) is 0 Å². The Balaban J connectivity index is 1.85. The quantitative estimate of drug-likeness (QED) is 0.866. The molecule has 0 aromatic heterocycles. The second-order valence-electron chi connectivity index (χ2n) is 5.23. The maximum Gasteiger partial charge on any atom is 0.238 e. The van der Waals surface area contributed by atoms with Gasteiger partial charge in [0.2, 0.25) is 5.91 Å². The van der Waals surface area contributed by atoms with Crippen molar-refractivity contribution in [2.75, 3.05) is 31.2 Å². The molecule has 20 heavy (non-hydrogen) atoms. The van der Waals surface area contributed by atoms with Crippen LogP contribution < -0.4 is 5.32 Å². The molecule has 5 heteroatoms. The second kappa shape index (κ2) is 7.11. The summed E-state index contributed by atoms with van der Waals surface area (Å²) in [7, 11) is 0. The number of anilines is 1. The number of carbonyl (C=O) groups is 1. The number of nitrogens with zero attached hydrogens (tertiary/aromatic N) is 1. The zero-order valence-corrected chi connectivity index (χ0v) is 13.1. The number of rotatable bonds is 4.